The summed E-state index contributed by atoms with van der Waals surface area (Å²) in [5, 5.41) is 14.7. The maximum Gasteiger partial charge on any atom is 0.329 e. The summed E-state index contributed by atoms with van der Waals surface area (Å²) >= 11 is 0. The first-order valence-corrected chi connectivity index (χ1v) is 8.39. The van der Waals surface area contributed by atoms with Gasteiger partial charge in [0.15, 0.2) is 0 Å². The molecule has 6 heteroatoms. The topological polar surface area (TPSA) is 95.5 Å². The maximum absolute atomic E-state index is 12.1. The normalized spacial score (nSPS) is 24.8. The lowest BCUT2D eigenvalue weighted by atomic mass is 9.75. The van der Waals surface area contributed by atoms with Crippen molar-refractivity contribution in [3.8, 4) is 0 Å². The average Bonchev–Trinajstić information content (AvgIpc) is 2.44. The Morgan fingerprint density at radius 3 is 2.13 bits per heavy atom. The lowest BCUT2D eigenvalue weighted by Gasteiger charge is -2.37. The number of rotatable bonds is 6. The van der Waals surface area contributed by atoms with Crippen molar-refractivity contribution >= 4 is 17.8 Å². The highest BCUT2D eigenvalue weighted by atomic mass is 16.4. The van der Waals surface area contributed by atoms with Crippen molar-refractivity contribution in [1.29, 1.82) is 0 Å². The zero-order chi connectivity index (χ0) is 17.7. The number of carbonyl (C=O) groups excluding carboxylic acids is 2. The molecule has 0 radical (unpaired) electrons. The van der Waals surface area contributed by atoms with Gasteiger partial charge in [-0.3, -0.25) is 9.59 Å². The molecule has 0 saturated heterocycles. The molecular formula is C17H30N2O4. The Morgan fingerprint density at radius 2 is 1.70 bits per heavy atom. The minimum atomic E-state index is -1.18. The van der Waals surface area contributed by atoms with E-state index in [4.69, 9.17) is 0 Å². The first-order valence-electron chi connectivity index (χ1n) is 8.39. The van der Waals surface area contributed by atoms with Crippen LogP contribution in [0.4, 0.5) is 0 Å². The van der Waals surface area contributed by atoms with E-state index in [1.165, 1.54) is 0 Å². The molecule has 0 unspecified atom stereocenters. The van der Waals surface area contributed by atoms with Crippen LogP contribution in [0.5, 0.6) is 0 Å². The van der Waals surface area contributed by atoms with Crippen LogP contribution in [0.3, 0.4) is 0 Å². The number of aliphatic carboxylic acids is 1. The Balaban J connectivity index is 2.53. The molecule has 3 N–H and O–H groups in total. The monoisotopic (exact) mass is 326 g/mol. The molecule has 0 spiro atoms. The average molecular weight is 326 g/mol. The summed E-state index contributed by atoms with van der Waals surface area (Å²) in [5.74, 6) is -1.09. The van der Waals surface area contributed by atoms with Gasteiger partial charge in [-0.25, -0.2) is 4.79 Å². The summed E-state index contributed by atoms with van der Waals surface area (Å²) in [6.45, 7) is 7.75. The zero-order valence-corrected chi connectivity index (χ0v) is 14.7. The van der Waals surface area contributed by atoms with Crippen molar-refractivity contribution < 1.29 is 19.5 Å². The van der Waals surface area contributed by atoms with E-state index in [0.717, 1.165) is 19.3 Å². The van der Waals surface area contributed by atoms with E-state index in [1.54, 1.807) is 0 Å². The third kappa shape index (κ3) is 6.20. The molecule has 6 nitrogen and oxygen atoms in total. The Labute approximate surface area is 138 Å². The molecule has 0 aromatic heterocycles. The van der Waals surface area contributed by atoms with Crippen LogP contribution in [0.15, 0.2) is 0 Å². The minimum absolute atomic E-state index is 0.151. The fourth-order valence-electron chi connectivity index (χ4n) is 3.01. The molecule has 0 heterocycles. The third-order valence-electron chi connectivity index (χ3n) is 4.46. The van der Waals surface area contributed by atoms with E-state index in [-0.39, 0.29) is 17.9 Å². The molecule has 1 saturated carbocycles. The third-order valence-corrected chi connectivity index (χ3v) is 4.46. The SMILES string of the molecule is CCC1CCC(NC(=O)CNC(=O)CC(C)(C)C)(C(=O)O)CC1. The molecule has 1 aliphatic rings. The van der Waals surface area contributed by atoms with E-state index < -0.39 is 17.4 Å². The number of nitrogens with one attached hydrogen (secondary N) is 2. The Morgan fingerprint density at radius 1 is 1.13 bits per heavy atom. The molecule has 1 aliphatic carbocycles. The molecule has 0 atom stereocenters. The number of carboxylic acids is 1. The molecule has 0 aromatic rings. The van der Waals surface area contributed by atoms with Crippen LogP contribution >= 0.6 is 0 Å². The van der Waals surface area contributed by atoms with Crippen LogP contribution in [-0.2, 0) is 14.4 Å². The van der Waals surface area contributed by atoms with Gasteiger partial charge in [0.2, 0.25) is 11.8 Å². The van der Waals surface area contributed by atoms with E-state index in [1.807, 2.05) is 20.8 Å². The van der Waals surface area contributed by atoms with Gasteiger partial charge in [-0.2, -0.15) is 0 Å². The van der Waals surface area contributed by atoms with Gasteiger partial charge in [0, 0.05) is 6.42 Å². The quantitative estimate of drug-likeness (QED) is 0.696. The minimum Gasteiger partial charge on any atom is -0.480 e. The first kappa shape index (κ1) is 19.5. The largest absolute Gasteiger partial charge is 0.480 e. The van der Waals surface area contributed by atoms with Crippen molar-refractivity contribution in [2.24, 2.45) is 11.3 Å². The Hall–Kier alpha value is -1.59. The van der Waals surface area contributed by atoms with E-state index in [2.05, 4.69) is 17.6 Å². The lowest BCUT2D eigenvalue weighted by Crippen LogP contribution is -2.58. The molecule has 0 bridgehead atoms. The van der Waals surface area contributed by atoms with Gasteiger partial charge >= 0.3 is 5.97 Å². The lowest BCUT2D eigenvalue weighted by molar-refractivity contribution is -0.149. The van der Waals surface area contributed by atoms with Crippen molar-refractivity contribution in [3.05, 3.63) is 0 Å². The number of hydrogen-bond acceptors (Lipinski definition) is 3. The fraction of sp³-hybridized carbons (Fsp3) is 0.824. The van der Waals surface area contributed by atoms with Crippen LogP contribution in [0.1, 0.15) is 66.2 Å². The summed E-state index contributed by atoms with van der Waals surface area (Å²) in [6, 6.07) is 0. The summed E-state index contributed by atoms with van der Waals surface area (Å²) < 4.78 is 0. The predicted molar refractivity (Wildman–Crippen MR) is 87.8 cm³/mol. The molecule has 1 fully saturated rings. The van der Waals surface area contributed by atoms with Gasteiger partial charge in [-0.1, -0.05) is 34.1 Å². The second kappa shape index (κ2) is 7.79. The van der Waals surface area contributed by atoms with Crippen molar-refractivity contribution in [2.75, 3.05) is 6.54 Å². The van der Waals surface area contributed by atoms with E-state index in [0.29, 0.717) is 25.2 Å². The second-order valence-electron chi connectivity index (χ2n) is 7.80. The smallest absolute Gasteiger partial charge is 0.329 e. The standard InChI is InChI=1S/C17H30N2O4/c1-5-12-6-8-17(9-7-12,15(22)23)19-14(21)11-18-13(20)10-16(2,3)4/h12H,5-11H2,1-4H3,(H,18,20)(H,19,21)(H,22,23). The summed E-state index contributed by atoms with van der Waals surface area (Å²) in [5.41, 5.74) is -1.33. The number of hydrogen-bond donors (Lipinski definition) is 3. The van der Waals surface area contributed by atoms with E-state index >= 15 is 0 Å². The molecular weight excluding hydrogens is 296 g/mol. The van der Waals surface area contributed by atoms with E-state index in [9.17, 15) is 19.5 Å². The van der Waals surface area contributed by atoms with Crippen molar-refractivity contribution in [1.82, 2.24) is 10.6 Å². The van der Waals surface area contributed by atoms with Gasteiger partial charge in [0.25, 0.3) is 0 Å². The van der Waals surface area contributed by atoms with Crippen LogP contribution in [0.2, 0.25) is 0 Å². The van der Waals surface area contributed by atoms with Gasteiger partial charge in [0.05, 0.1) is 6.54 Å². The molecule has 1 rings (SSSR count). The predicted octanol–water partition coefficient (Wildman–Crippen LogP) is 2.08. The molecule has 23 heavy (non-hydrogen) atoms. The zero-order valence-electron chi connectivity index (χ0n) is 14.7. The number of carboxylic acid groups (broad SMARTS) is 1. The second-order valence-corrected chi connectivity index (χ2v) is 7.80. The molecule has 2 amide bonds. The first-order chi connectivity index (χ1) is 10.6. The Bertz CT molecular complexity index is 446. The summed E-state index contributed by atoms with van der Waals surface area (Å²) in [4.78, 5) is 35.4. The Kier molecular flexibility index (Phi) is 6.59. The van der Waals surface area contributed by atoms with Gasteiger partial charge in [-0.15, -0.1) is 0 Å². The van der Waals surface area contributed by atoms with Gasteiger partial charge in [-0.05, 0) is 37.0 Å². The number of amides is 2. The highest BCUT2D eigenvalue weighted by Gasteiger charge is 2.42. The highest BCUT2D eigenvalue weighted by Crippen LogP contribution is 2.34. The van der Waals surface area contributed by atoms with Crippen molar-refractivity contribution in [2.45, 2.75) is 71.8 Å². The number of carbonyl (C=O) groups is 3. The van der Waals surface area contributed by atoms with Gasteiger partial charge in [0.1, 0.15) is 5.54 Å². The van der Waals surface area contributed by atoms with Crippen LogP contribution in [0.25, 0.3) is 0 Å². The van der Waals surface area contributed by atoms with Crippen LogP contribution in [-0.4, -0.2) is 35.0 Å². The summed E-state index contributed by atoms with van der Waals surface area (Å²) in [7, 11) is 0. The molecule has 0 aliphatic heterocycles. The fourth-order valence-corrected chi connectivity index (χ4v) is 3.01. The molecule has 0 aromatic carbocycles. The van der Waals surface area contributed by atoms with Gasteiger partial charge < -0.3 is 15.7 Å². The molecule has 132 valence electrons. The maximum atomic E-state index is 12.1. The van der Waals surface area contributed by atoms with Crippen molar-refractivity contribution in [3.63, 3.8) is 0 Å². The summed E-state index contributed by atoms with van der Waals surface area (Å²) in [6.07, 6.45) is 3.86. The van der Waals surface area contributed by atoms with Crippen LogP contribution < -0.4 is 10.6 Å². The highest BCUT2D eigenvalue weighted by molar-refractivity contribution is 5.90. The van der Waals surface area contributed by atoms with Crippen LogP contribution in [0, 0.1) is 11.3 Å².